The van der Waals surface area contributed by atoms with Gasteiger partial charge in [0.05, 0.1) is 12.5 Å². The Balaban J connectivity index is 1.30. The number of carbonyl (C=O) groups is 4. The summed E-state index contributed by atoms with van der Waals surface area (Å²) in [6.07, 6.45) is 2.19. The fourth-order valence-corrected chi connectivity index (χ4v) is 4.69. The van der Waals surface area contributed by atoms with Crippen molar-refractivity contribution in [3.8, 4) is 0 Å². The van der Waals surface area contributed by atoms with Gasteiger partial charge in [0.15, 0.2) is 5.69 Å². The summed E-state index contributed by atoms with van der Waals surface area (Å²) in [4.78, 5) is 53.7. The maximum Gasteiger partial charge on any atom is 0.310 e. The van der Waals surface area contributed by atoms with Crippen molar-refractivity contribution < 1.29 is 28.3 Å². The number of piperidine rings is 1. The number of benzene rings is 1. The summed E-state index contributed by atoms with van der Waals surface area (Å²) in [6, 6.07) is 7.48. The Morgan fingerprint density at radius 3 is 2.68 bits per heavy atom. The van der Waals surface area contributed by atoms with Crippen LogP contribution in [-0.4, -0.2) is 76.1 Å². The molecule has 3 amide bonds. The molecular formula is C26H32FN5O5. The molecule has 10 nitrogen and oxygen atoms in total. The first-order valence-corrected chi connectivity index (χ1v) is 12.7. The van der Waals surface area contributed by atoms with E-state index in [1.165, 1.54) is 22.9 Å². The lowest BCUT2D eigenvalue weighted by molar-refractivity contribution is -0.151. The highest BCUT2D eigenvalue weighted by atomic mass is 19.1. The SMILES string of the molecule is CCOC(=O)[C@H]1CCCN(C(=O)CCNC(=O)c2cc3n(n2)CCCN(Cc2ccc(F)cc2)C3=O)C1. The quantitative estimate of drug-likeness (QED) is 0.540. The Hall–Kier alpha value is -3.76. The largest absolute Gasteiger partial charge is 0.466 e. The van der Waals surface area contributed by atoms with E-state index in [0.717, 1.165) is 12.0 Å². The minimum atomic E-state index is -0.464. The second-order valence-electron chi connectivity index (χ2n) is 9.28. The van der Waals surface area contributed by atoms with Crippen LogP contribution in [0.4, 0.5) is 4.39 Å². The topological polar surface area (TPSA) is 114 Å². The van der Waals surface area contributed by atoms with Crippen LogP contribution in [0.5, 0.6) is 0 Å². The molecule has 2 aromatic rings. The van der Waals surface area contributed by atoms with Crippen LogP contribution in [0.3, 0.4) is 0 Å². The van der Waals surface area contributed by atoms with Crippen LogP contribution >= 0.6 is 0 Å². The number of amides is 3. The molecule has 1 fully saturated rings. The number of aromatic nitrogens is 2. The molecule has 0 radical (unpaired) electrons. The van der Waals surface area contributed by atoms with Crippen LogP contribution in [-0.2, 0) is 27.4 Å². The van der Waals surface area contributed by atoms with Gasteiger partial charge in [0.1, 0.15) is 11.5 Å². The fraction of sp³-hybridized carbons (Fsp3) is 0.500. The third-order valence-electron chi connectivity index (χ3n) is 6.62. The van der Waals surface area contributed by atoms with Gasteiger partial charge in [-0.1, -0.05) is 12.1 Å². The molecule has 11 heteroatoms. The van der Waals surface area contributed by atoms with Crippen molar-refractivity contribution in [2.45, 2.75) is 45.7 Å². The fourth-order valence-electron chi connectivity index (χ4n) is 4.69. The molecule has 0 unspecified atom stereocenters. The van der Waals surface area contributed by atoms with Crippen LogP contribution in [0.15, 0.2) is 30.3 Å². The molecule has 3 heterocycles. The lowest BCUT2D eigenvalue weighted by Crippen LogP contribution is -2.43. The van der Waals surface area contributed by atoms with Crippen molar-refractivity contribution in [2.24, 2.45) is 5.92 Å². The van der Waals surface area contributed by atoms with E-state index in [1.807, 2.05) is 0 Å². The summed E-state index contributed by atoms with van der Waals surface area (Å²) < 4.78 is 19.8. The Bertz CT molecular complexity index is 1150. The Morgan fingerprint density at radius 2 is 1.92 bits per heavy atom. The molecule has 198 valence electrons. The number of fused-ring (bicyclic) bond motifs is 1. The third-order valence-corrected chi connectivity index (χ3v) is 6.62. The second kappa shape index (κ2) is 12.0. The van der Waals surface area contributed by atoms with E-state index < -0.39 is 5.91 Å². The zero-order chi connectivity index (χ0) is 26.4. The number of hydrogen-bond acceptors (Lipinski definition) is 6. The Labute approximate surface area is 214 Å². The van der Waals surface area contributed by atoms with Crippen molar-refractivity contribution in [1.29, 1.82) is 0 Å². The number of ether oxygens (including phenoxy) is 1. The predicted molar refractivity (Wildman–Crippen MR) is 131 cm³/mol. The van der Waals surface area contributed by atoms with E-state index >= 15 is 0 Å². The van der Waals surface area contributed by atoms with Crippen LogP contribution < -0.4 is 5.32 Å². The van der Waals surface area contributed by atoms with Gasteiger partial charge >= 0.3 is 5.97 Å². The summed E-state index contributed by atoms with van der Waals surface area (Å²) in [5, 5.41) is 7.01. The van der Waals surface area contributed by atoms with Gasteiger partial charge in [-0.3, -0.25) is 23.9 Å². The molecule has 0 saturated carbocycles. The van der Waals surface area contributed by atoms with Gasteiger partial charge in [-0.05, 0) is 43.9 Å². The molecule has 0 bridgehead atoms. The van der Waals surface area contributed by atoms with Gasteiger partial charge in [0, 0.05) is 51.8 Å². The molecule has 4 rings (SSSR count). The predicted octanol–water partition coefficient (Wildman–Crippen LogP) is 1.99. The van der Waals surface area contributed by atoms with Gasteiger partial charge in [-0.25, -0.2) is 4.39 Å². The number of nitrogens with one attached hydrogen (secondary N) is 1. The molecule has 1 saturated heterocycles. The highest BCUT2D eigenvalue weighted by Gasteiger charge is 2.30. The molecule has 2 aliphatic heterocycles. The number of rotatable bonds is 8. The number of likely N-dealkylation sites (tertiary alicyclic amines) is 1. The van der Waals surface area contributed by atoms with Crippen molar-refractivity contribution in [2.75, 3.05) is 32.8 Å². The summed E-state index contributed by atoms with van der Waals surface area (Å²) in [7, 11) is 0. The van der Waals surface area contributed by atoms with E-state index in [0.29, 0.717) is 57.9 Å². The van der Waals surface area contributed by atoms with Crippen LogP contribution in [0.25, 0.3) is 0 Å². The first-order chi connectivity index (χ1) is 17.9. The third kappa shape index (κ3) is 6.52. The Morgan fingerprint density at radius 1 is 1.14 bits per heavy atom. The zero-order valence-electron chi connectivity index (χ0n) is 21.0. The van der Waals surface area contributed by atoms with Crippen molar-refractivity contribution in [1.82, 2.24) is 24.9 Å². The molecular weight excluding hydrogens is 481 g/mol. The summed E-state index contributed by atoms with van der Waals surface area (Å²) in [6.45, 7) is 4.44. The number of esters is 1. The maximum absolute atomic E-state index is 13.2. The smallest absolute Gasteiger partial charge is 0.310 e. The van der Waals surface area contributed by atoms with Gasteiger partial charge in [-0.2, -0.15) is 5.10 Å². The normalized spacial score (nSPS) is 17.7. The van der Waals surface area contributed by atoms with Crippen molar-refractivity contribution in [3.05, 3.63) is 53.1 Å². The van der Waals surface area contributed by atoms with Gasteiger partial charge < -0.3 is 19.9 Å². The average molecular weight is 514 g/mol. The highest BCUT2D eigenvalue weighted by molar-refractivity contribution is 5.98. The molecule has 0 aliphatic carbocycles. The number of aryl methyl sites for hydroxylation is 1. The van der Waals surface area contributed by atoms with Crippen LogP contribution in [0, 0.1) is 11.7 Å². The number of hydrogen-bond donors (Lipinski definition) is 1. The van der Waals surface area contributed by atoms with Crippen LogP contribution in [0.2, 0.25) is 0 Å². The Kier molecular flexibility index (Phi) is 8.52. The van der Waals surface area contributed by atoms with E-state index in [-0.39, 0.29) is 48.2 Å². The first-order valence-electron chi connectivity index (χ1n) is 12.7. The zero-order valence-corrected chi connectivity index (χ0v) is 21.0. The van der Waals surface area contributed by atoms with Gasteiger partial charge in [0.25, 0.3) is 11.8 Å². The monoisotopic (exact) mass is 513 g/mol. The van der Waals surface area contributed by atoms with Gasteiger partial charge in [-0.15, -0.1) is 0 Å². The minimum Gasteiger partial charge on any atom is -0.466 e. The second-order valence-corrected chi connectivity index (χ2v) is 9.28. The molecule has 2 aliphatic rings. The van der Waals surface area contributed by atoms with E-state index in [9.17, 15) is 23.6 Å². The van der Waals surface area contributed by atoms with Gasteiger partial charge in [0.2, 0.25) is 5.91 Å². The first kappa shape index (κ1) is 26.3. The van der Waals surface area contributed by atoms with Crippen molar-refractivity contribution >= 4 is 23.7 Å². The van der Waals surface area contributed by atoms with Crippen molar-refractivity contribution in [3.63, 3.8) is 0 Å². The minimum absolute atomic E-state index is 0.0965. The molecule has 1 aromatic heterocycles. The highest BCUT2D eigenvalue weighted by Crippen LogP contribution is 2.19. The lowest BCUT2D eigenvalue weighted by atomic mass is 9.98. The van der Waals surface area contributed by atoms with Crippen LogP contribution in [0.1, 0.15) is 59.1 Å². The number of nitrogens with zero attached hydrogens (tertiary/aromatic N) is 4. The summed E-state index contributed by atoms with van der Waals surface area (Å²) in [5.41, 5.74) is 1.24. The lowest BCUT2D eigenvalue weighted by Gasteiger charge is -2.31. The molecule has 0 spiro atoms. The molecule has 37 heavy (non-hydrogen) atoms. The van der Waals surface area contributed by atoms with E-state index in [1.54, 1.807) is 28.9 Å². The summed E-state index contributed by atoms with van der Waals surface area (Å²) >= 11 is 0. The maximum atomic E-state index is 13.2. The average Bonchev–Trinajstić information content (AvgIpc) is 3.27. The standard InChI is InChI=1S/C26H32FN5O5/c1-2-37-26(36)19-5-3-12-30(17-19)23(33)10-11-28-24(34)21-15-22-25(35)31(13-4-14-32(22)29-21)16-18-6-8-20(27)9-7-18/h6-9,15,19H,2-5,10-14,16-17H2,1H3,(H,28,34)/t19-/m0/s1. The molecule has 1 atom stereocenters. The number of halogens is 1. The number of carbonyl (C=O) groups excluding carboxylic acids is 4. The van der Waals surface area contributed by atoms with E-state index in [2.05, 4.69) is 10.4 Å². The molecule has 1 N–H and O–H groups in total. The summed E-state index contributed by atoms with van der Waals surface area (Å²) in [5.74, 6) is -1.77. The van der Waals surface area contributed by atoms with E-state index in [4.69, 9.17) is 4.74 Å². The molecule has 1 aromatic carbocycles.